The standard InChI is InChI=1S/C19H16N2O2S/c22-18-6-5-12-9-14(10-13-7-8-21(18)19(12)13)23-11-17-20-15-3-1-2-4-16(15)24-17/h1-4,9-10H,5-8,11H2. The molecule has 0 aliphatic carbocycles. The van der Waals surface area contributed by atoms with Crippen LogP contribution in [0.5, 0.6) is 5.75 Å². The molecule has 0 N–H and O–H groups in total. The first kappa shape index (κ1) is 14.0. The van der Waals surface area contributed by atoms with Crippen LogP contribution in [-0.4, -0.2) is 17.4 Å². The summed E-state index contributed by atoms with van der Waals surface area (Å²) >= 11 is 1.67. The summed E-state index contributed by atoms with van der Waals surface area (Å²) in [4.78, 5) is 18.5. The summed E-state index contributed by atoms with van der Waals surface area (Å²) in [5, 5.41) is 0.988. The molecular formula is C19H16N2O2S. The molecule has 0 atom stereocenters. The van der Waals surface area contributed by atoms with E-state index in [1.807, 2.05) is 23.1 Å². The van der Waals surface area contributed by atoms with Gasteiger partial charge >= 0.3 is 0 Å². The zero-order valence-corrected chi connectivity index (χ0v) is 13.9. The Morgan fingerprint density at radius 2 is 1.96 bits per heavy atom. The number of fused-ring (bicyclic) bond motifs is 1. The highest BCUT2D eigenvalue weighted by atomic mass is 32.1. The topological polar surface area (TPSA) is 42.4 Å². The average molecular weight is 336 g/mol. The molecule has 1 amide bonds. The lowest BCUT2D eigenvalue weighted by Gasteiger charge is -2.25. The summed E-state index contributed by atoms with van der Waals surface area (Å²) in [6.07, 6.45) is 2.34. The number of para-hydroxylation sites is 1. The number of rotatable bonds is 3. The zero-order valence-electron chi connectivity index (χ0n) is 13.1. The van der Waals surface area contributed by atoms with Crippen LogP contribution in [0.1, 0.15) is 22.6 Å². The van der Waals surface area contributed by atoms with E-state index in [1.54, 1.807) is 11.3 Å². The Morgan fingerprint density at radius 1 is 1.12 bits per heavy atom. The van der Waals surface area contributed by atoms with Gasteiger partial charge in [-0.3, -0.25) is 4.79 Å². The highest BCUT2D eigenvalue weighted by molar-refractivity contribution is 7.18. The maximum atomic E-state index is 12.0. The van der Waals surface area contributed by atoms with Crippen molar-refractivity contribution in [2.24, 2.45) is 0 Å². The monoisotopic (exact) mass is 336 g/mol. The van der Waals surface area contributed by atoms with Gasteiger partial charge in [0.25, 0.3) is 0 Å². The molecule has 0 spiro atoms. The molecule has 2 aliphatic heterocycles. The molecule has 120 valence electrons. The Balaban J connectivity index is 1.41. The van der Waals surface area contributed by atoms with Gasteiger partial charge in [-0.05, 0) is 48.2 Å². The minimum atomic E-state index is 0.254. The Kier molecular flexibility index (Phi) is 3.10. The highest BCUT2D eigenvalue weighted by Crippen LogP contribution is 2.39. The molecule has 0 saturated heterocycles. The van der Waals surface area contributed by atoms with Crippen LogP contribution in [0.4, 0.5) is 5.69 Å². The van der Waals surface area contributed by atoms with Crippen molar-refractivity contribution < 1.29 is 9.53 Å². The van der Waals surface area contributed by atoms with Gasteiger partial charge in [0, 0.05) is 13.0 Å². The van der Waals surface area contributed by atoms with Gasteiger partial charge in [-0.15, -0.1) is 11.3 Å². The van der Waals surface area contributed by atoms with Gasteiger partial charge in [0.05, 0.1) is 15.9 Å². The van der Waals surface area contributed by atoms with Gasteiger partial charge in [0.1, 0.15) is 17.4 Å². The number of aryl methyl sites for hydroxylation is 1. The number of carbonyl (C=O) groups is 1. The summed E-state index contributed by atoms with van der Waals surface area (Å²) in [6, 6.07) is 12.3. The number of nitrogens with zero attached hydrogens (tertiary/aromatic N) is 2. The first-order chi connectivity index (χ1) is 11.8. The normalized spacial score (nSPS) is 15.8. The number of ether oxygens (including phenoxy) is 1. The van der Waals surface area contributed by atoms with E-state index in [4.69, 9.17) is 4.74 Å². The number of benzene rings is 2. The van der Waals surface area contributed by atoms with E-state index >= 15 is 0 Å². The second-order valence-corrected chi connectivity index (χ2v) is 7.36. The smallest absolute Gasteiger partial charge is 0.227 e. The Bertz CT molecular complexity index is 930. The van der Waals surface area contributed by atoms with Gasteiger partial charge in [0.15, 0.2) is 0 Å². The number of carbonyl (C=O) groups excluding carboxylic acids is 1. The van der Waals surface area contributed by atoms with Crippen LogP contribution in [-0.2, 0) is 24.2 Å². The molecular weight excluding hydrogens is 320 g/mol. The van der Waals surface area contributed by atoms with Crippen LogP contribution in [0.25, 0.3) is 10.2 Å². The molecule has 2 aromatic carbocycles. The maximum absolute atomic E-state index is 12.0. The van der Waals surface area contributed by atoms with Crippen LogP contribution in [0.2, 0.25) is 0 Å². The number of hydrogen-bond donors (Lipinski definition) is 0. The third kappa shape index (κ3) is 2.19. The molecule has 5 rings (SSSR count). The molecule has 0 radical (unpaired) electrons. The van der Waals surface area contributed by atoms with Crippen molar-refractivity contribution in [3.8, 4) is 5.75 Å². The van der Waals surface area contributed by atoms with Gasteiger partial charge in [-0.2, -0.15) is 0 Å². The lowest BCUT2D eigenvalue weighted by atomic mass is 9.99. The van der Waals surface area contributed by atoms with Crippen molar-refractivity contribution in [2.45, 2.75) is 25.9 Å². The van der Waals surface area contributed by atoms with Gasteiger partial charge in [0.2, 0.25) is 5.91 Å². The fourth-order valence-corrected chi connectivity index (χ4v) is 4.52. The molecule has 0 bridgehead atoms. The molecule has 1 aromatic heterocycles. The van der Waals surface area contributed by atoms with Gasteiger partial charge in [-0.25, -0.2) is 4.98 Å². The van der Waals surface area contributed by atoms with E-state index in [1.165, 1.54) is 15.8 Å². The van der Waals surface area contributed by atoms with Crippen molar-refractivity contribution in [3.05, 3.63) is 52.5 Å². The second-order valence-electron chi connectivity index (χ2n) is 6.25. The molecule has 2 aliphatic rings. The molecule has 3 aromatic rings. The van der Waals surface area contributed by atoms with Crippen molar-refractivity contribution in [1.82, 2.24) is 4.98 Å². The number of aromatic nitrogens is 1. The molecule has 4 nitrogen and oxygen atoms in total. The second kappa shape index (κ2) is 5.31. The van der Waals surface area contributed by atoms with E-state index in [9.17, 15) is 4.79 Å². The predicted octanol–water partition coefficient (Wildman–Crippen LogP) is 3.71. The van der Waals surface area contributed by atoms with E-state index in [0.29, 0.717) is 13.0 Å². The number of anilines is 1. The van der Waals surface area contributed by atoms with Crippen LogP contribution >= 0.6 is 11.3 Å². The summed E-state index contributed by atoms with van der Waals surface area (Å²) in [5.74, 6) is 1.14. The van der Waals surface area contributed by atoms with Crippen molar-refractivity contribution >= 4 is 33.1 Å². The molecule has 5 heteroatoms. The maximum Gasteiger partial charge on any atom is 0.227 e. The van der Waals surface area contributed by atoms with Crippen LogP contribution in [0, 0.1) is 0 Å². The number of amides is 1. The SMILES string of the molecule is O=C1CCc2cc(OCc3nc4ccccc4s3)cc3c2N1CC3. The Labute approximate surface area is 143 Å². The molecule has 24 heavy (non-hydrogen) atoms. The zero-order chi connectivity index (χ0) is 16.1. The van der Waals surface area contributed by atoms with Crippen molar-refractivity contribution in [1.29, 1.82) is 0 Å². The quantitative estimate of drug-likeness (QED) is 0.732. The fraction of sp³-hybridized carbons (Fsp3) is 0.263. The molecule has 0 unspecified atom stereocenters. The van der Waals surface area contributed by atoms with E-state index in [-0.39, 0.29) is 5.91 Å². The largest absolute Gasteiger partial charge is 0.486 e. The van der Waals surface area contributed by atoms with Crippen LogP contribution < -0.4 is 9.64 Å². The first-order valence-electron chi connectivity index (χ1n) is 8.21. The number of thiazole rings is 1. The van der Waals surface area contributed by atoms with Crippen molar-refractivity contribution in [3.63, 3.8) is 0 Å². The Morgan fingerprint density at radius 3 is 2.83 bits per heavy atom. The number of hydrogen-bond acceptors (Lipinski definition) is 4. The van der Waals surface area contributed by atoms with Gasteiger partial charge in [-0.1, -0.05) is 12.1 Å². The third-order valence-corrected chi connectivity index (χ3v) is 5.74. The lowest BCUT2D eigenvalue weighted by Crippen LogP contribution is -2.32. The third-order valence-electron chi connectivity index (χ3n) is 4.73. The highest BCUT2D eigenvalue weighted by Gasteiger charge is 2.31. The summed E-state index contributed by atoms with van der Waals surface area (Å²) in [6.45, 7) is 1.29. The summed E-state index contributed by atoms with van der Waals surface area (Å²) < 4.78 is 7.21. The van der Waals surface area contributed by atoms with Crippen LogP contribution in [0.15, 0.2) is 36.4 Å². The summed E-state index contributed by atoms with van der Waals surface area (Å²) in [5.41, 5.74) is 4.64. The minimum Gasteiger partial charge on any atom is -0.486 e. The van der Waals surface area contributed by atoms with Crippen LogP contribution in [0.3, 0.4) is 0 Å². The molecule has 3 heterocycles. The molecule has 0 saturated carbocycles. The lowest BCUT2D eigenvalue weighted by molar-refractivity contribution is -0.118. The predicted molar refractivity (Wildman–Crippen MR) is 94.8 cm³/mol. The van der Waals surface area contributed by atoms with Crippen molar-refractivity contribution in [2.75, 3.05) is 11.4 Å². The molecule has 0 fully saturated rings. The first-order valence-corrected chi connectivity index (χ1v) is 9.03. The Hall–Kier alpha value is -2.40. The average Bonchev–Trinajstić information content (AvgIpc) is 3.21. The minimum absolute atomic E-state index is 0.254. The van der Waals surface area contributed by atoms with E-state index in [2.05, 4.69) is 23.2 Å². The summed E-state index contributed by atoms with van der Waals surface area (Å²) in [7, 11) is 0. The van der Waals surface area contributed by atoms with E-state index < -0.39 is 0 Å². The van der Waals surface area contributed by atoms with E-state index in [0.717, 1.165) is 41.3 Å². The fourth-order valence-electron chi connectivity index (χ4n) is 3.64. The van der Waals surface area contributed by atoms with Gasteiger partial charge < -0.3 is 9.64 Å².